The van der Waals surface area contributed by atoms with Crippen LogP contribution in [0.5, 0.6) is 0 Å². The van der Waals surface area contributed by atoms with Gasteiger partial charge in [0.25, 0.3) is 0 Å². The normalized spacial score (nSPS) is 16.5. The summed E-state index contributed by atoms with van der Waals surface area (Å²) in [5, 5.41) is 0. The lowest BCUT2D eigenvalue weighted by Crippen LogP contribution is -2.24. The number of benzene rings is 4. The van der Waals surface area contributed by atoms with Crippen molar-refractivity contribution in [1.82, 2.24) is 15.0 Å². The standard InChI is InChI=1S/C37H33N5O2/c1-36(2)22-38-34(43-36)29-18-14-27(15-19-29)32-40-31(26-12-10-25(11-13-26)24-8-6-5-7-9-24)41-33(42-32)28-16-20-30(21-17-28)35-39-23-37(3,4)44-35/h5-21H,22-23H2,1-4H3. The van der Waals surface area contributed by atoms with Crippen molar-refractivity contribution in [2.45, 2.75) is 38.9 Å². The first-order chi connectivity index (χ1) is 21.2. The molecule has 7 heteroatoms. The molecule has 7 rings (SSSR count). The highest BCUT2D eigenvalue weighted by atomic mass is 16.5. The van der Waals surface area contributed by atoms with Crippen molar-refractivity contribution in [3.63, 3.8) is 0 Å². The van der Waals surface area contributed by atoms with Gasteiger partial charge in [-0.1, -0.05) is 78.9 Å². The molecule has 0 unspecified atom stereocenters. The fraction of sp³-hybridized carbons (Fsp3) is 0.216. The molecule has 3 heterocycles. The van der Waals surface area contributed by atoms with Gasteiger partial charge in [0.2, 0.25) is 11.8 Å². The summed E-state index contributed by atoms with van der Waals surface area (Å²) in [4.78, 5) is 23.9. The van der Waals surface area contributed by atoms with Gasteiger partial charge in [-0.2, -0.15) is 0 Å². The average molecular weight is 580 g/mol. The molecule has 0 N–H and O–H groups in total. The maximum Gasteiger partial charge on any atom is 0.216 e. The maximum absolute atomic E-state index is 6.03. The monoisotopic (exact) mass is 579 g/mol. The van der Waals surface area contributed by atoms with E-state index in [0.29, 0.717) is 42.4 Å². The molecule has 44 heavy (non-hydrogen) atoms. The highest BCUT2D eigenvalue weighted by Crippen LogP contribution is 2.29. The first-order valence-corrected chi connectivity index (χ1v) is 14.8. The van der Waals surface area contributed by atoms with Crippen molar-refractivity contribution in [2.75, 3.05) is 13.1 Å². The number of aromatic nitrogens is 3. The highest BCUT2D eigenvalue weighted by Gasteiger charge is 2.29. The van der Waals surface area contributed by atoms with Crippen LogP contribution < -0.4 is 0 Å². The Kier molecular flexibility index (Phi) is 6.81. The van der Waals surface area contributed by atoms with Crippen LogP contribution in [0, 0.1) is 0 Å². The van der Waals surface area contributed by atoms with Crippen molar-refractivity contribution in [2.24, 2.45) is 9.98 Å². The van der Waals surface area contributed by atoms with E-state index in [1.54, 1.807) is 0 Å². The second-order valence-electron chi connectivity index (χ2n) is 12.4. The molecule has 7 nitrogen and oxygen atoms in total. The van der Waals surface area contributed by atoms with E-state index in [-0.39, 0.29) is 11.2 Å². The molecule has 0 saturated heterocycles. The molecule has 4 aromatic carbocycles. The Hall–Kier alpha value is -5.17. The summed E-state index contributed by atoms with van der Waals surface area (Å²) >= 11 is 0. The molecule has 0 radical (unpaired) electrons. The molecule has 1 aromatic heterocycles. The molecule has 5 aromatic rings. The molecule has 0 spiro atoms. The number of rotatable bonds is 6. The largest absolute Gasteiger partial charge is 0.469 e. The zero-order valence-corrected chi connectivity index (χ0v) is 25.3. The van der Waals surface area contributed by atoms with Crippen molar-refractivity contribution >= 4 is 11.8 Å². The van der Waals surface area contributed by atoms with E-state index in [1.165, 1.54) is 0 Å². The fourth-order valence-corrected chi connectivity index (χ4v) is 5.21. The summed E-state index contributed by atoms with van der Waals surface area (Å²) in [7, 11) is 0. The molecule has 218 valence electrons. The average Bonchev–Trinajstić information content (AvgIpc) is 3.62. The molecule has 2 aliphatic heterocycles. The predicted octanol–water partition coefficient (Wildman–Crippen LogP) is 7.65. The third-order valence-corrected chi connectivity index (χ3v) is 7.62. The van der Waals surface area contributed by atoms with Gasteiger partial charge in [-0.3, -0.25) is 0 Å². The molecule has 0 bridgehead atoms. The van der Waals surface area contributed by atoms with E-state index >= 15 is 0 Å². The van der Waals surface area contributed by atoms with E-state index in [0.717, 1.165) is 38.9 Å². The van der Waals surface area contributed by atoms with Gasteiger partial charge >= 0.3 is 0 Å². The van der Waals surface area contributed by atoms with Crippen molar-refractivity contribution in [3.05, 3.63) is 114 Å². The molecule has 0 atom stereocenters. The van der Waals surface area contributed by atoms with E-state index in [4.69, 9.17) is 24.4 Å². The van der Waals surface area contributed by atoms with Crippen LogP contribution >= 0.6 is 0 Å². The number of aliphatic imine (C=N–C) groups is 2. The third kappa shape index (κ3) is 5.73. The zero-order chi connectivity index (χ0) is 30.3. The molecule has 2 aliphatic rings. The summed E-state index contributed by atoms with van der Waals surface area (Å²) in [5.74, 6) is 3.11. The van der Waals surface area contributed by atoms with Crippen molar-refractivity contribution in [1.29, 1.82) is 0 Å². The summed E-state index contributed by atoms with van der Waals surface area (Å²) in [6, 6.07) is 34.7. The highest BCUT2D eigenvalue weighted by molar-refractivity contribution is 5.96. The summed E-state index contributed by atoms with van der Waals surface area (Å²) in [6.07, 6.45) is 0. The van der Waals surface area contributed by atoms with Gasteiger partial charge in [-0.15, -0.1) is 0 Å². The second-order valence-corrected chi connectivity index (χ2v) is 12.4. The number of ether oxygens (including phenoxy) is 2. The van der Waals surface area contributed by atoms with E-state index < -0.39 is 0 Å². The van der Waals surface area contributed by atoms with Crippen LogP contribution in [0.1, 0.15) is 38.8 Å². The van der Waals surface area contributed by atoms with Gasteiger partial charge in [0.05, 0.1) is 13.1 Å². The van der Waals surface area contributed by atoms with Crippen LogP contribution in [-0.4, -0.2) is 51.0 Å². The molecule has 0 saturated carbocycles. The lowest BCUT2D eigenvalue weighted by atomic mass is 10.0. The van der Waals surface area contributed by atoms with Crippen LogP contribution in [0.3, 0.4) is 0 Å². The summed E-state index contributed by atoms with van der Waals surface area (Å²) in [6.45, 7) is 9.45. The molecular formula is C37H33N5O2. The van der Waals surface area contributed by atoms with Crippen LogP contribution in [0.2, 0.25) is 0 Å². The molecular weight excluding hydrogens is 546 g/mol. The van der Waals surface area contributed by atoms with E-state index in [9.17, 15) is 0 Å². The van der Waals surface area contributed by atoms with Crippen LogP contribution in [0.25, 0.3) is 45.3 Å². The van der Waals surface area contributed by atoms with Crippen LogP contribution in [0.15, 0.2) is 113 Å². The SMILES string of the molecule is CC1(C)CN=C(c2ccc(-c3nc(-c4ccc(C5=NCC(C)(C)O5)cc4)nc(-c4ccc(-c5ccccc5)cc4)n3)cc2)O1. The Labute approximate surface area is 257 Å². The quantitative estimate of drug-likeness (QED) is 0.206. The Morgan fingerprint density at radius 3 is 1.07 bits per heavy atom. The number of nitrogens with zero attached hydrogens (tertiary/aromatic N) is 5. The van der Waals surface area contributed by atoms with Crippen molar-refractivity contribution in [3.8, 4) is 45.3 Å². The topological polar surface area (TPSA) is 81.9 Å². The van der Waals surface area contributed by atoms with Crippen LogP contribution in [-0.2, 0) is 9.47 Å². The third-order valence-electron chi connectivity index (χ3n) is 7.62. The minimum atomic E-state index is -0.287. The first-order valence-electron chi connectivity index (χ1n) is 14.8. The van der Waals surface area contributed by atoms with Crippen molar-refractivity contribution < 1.29 is 9.47 Å². The molecule has 0 fully saturated rings. The predicted molar refractivity (Wildman–Crippen MR) is 175 cm³/mol. The number of hydrogen-bond donors (Lipinski definition) is 0. The van der Waals surface area contributed by atoms with Gasteiger partial charge in [0, 0.05) is 27.8 Å². The minimum Gasteiger partial charge on any atom is -0.469 e. The Morgan fingerprint density at radius 2 is 0.727 bits per heavy atom. The Balaban J connectivity index is 1.25. The van der Waals surface area contributed by atoms with Gasteiger partial charge < -0.3 is 9.47 Å². The lowest BCUT2D eigenvalue weighted by Gasteiger charge is -2.17. The Bertz CT molecular complexity index is 1780. The van der Waals surface area contributed by atoms with Gasteiger partial charge in [0.15, 0.2) is 17.5 Å². The zero-order valence-electron chi connectivity index (χ0n) is 25.3. The van der Waals surface area contributed by atoms with Gasteiger partial charge in [-0.25, -0.2) is 24.9 Å². The minimum absolute atomic E-state index is 0.287. The lowest BCUT2D eigenvalue weighted by molar-refractivity contribution is 0.131. The van der Waals surface area contributed by atoms with E-state index in [2.05, 4.69) is 46.4 Å². The first kappa shape index (κ1) is 27.7. The fourth-order valence-electron chi connectivity index (χ4n) is 5.21. The van der Waals surface area contributed by atoms with Gasteiger partial charge in [0.1, 0.15) is 11.2 Å². The van der Waals surface area contributed by atoms with E-state index in [1.807, 2.05) is 94.4 Å². The molecule has 0 amide bonds. The summed E-state index contributed by atoms with van der Waals surface area (Å²) in [5.41, 5.74) is 6.26. The Morgan fingerprint density at radius 1 is 0.409 bits per heavy atom. The molecule has 0 aliphatic carbocycles. The smallest absolute Gasteiger partial charge is 0.216 e. The number of hydrogen-bond acceptors (Lipinski definition) is 7. The second kappa shape index (κ2) is 10.8. The maximum atomic E-state index is 6.03. The van der Waals surface area contributed by atoms with Gasteiger partial charge in [-0.05, 0) is 63.1 Å². The summed E-state index contributed by atoms with van der Waals surface area (Å²) < 4.78 is 12.1. The van der Waals surface area contributed by atoms with Crippen LogP contribution in [0.4, 0.5) is 0 Å².